The maximum Gasteiger partial charge on any atom is 0.414 e. The molecule has 0 saturated carbocycles. The topological polar surface area (TPSA) is 127 Å². The van der Waals surface area contributed by atoms with E-state index in [2.05, 4.69) is 22.1 Å². The zero-order valence-electron chi connectivity index (χ0n) is 16.7. The van der Waals surface area contributed by atoms with Gasteiger partial charge in [0.25, 0.3) is 0 Å². The minimum absolute atomic E-state index is 0.00307. The summed E-state index contributed by atoms with van der Waals surface area (Å²) in [6.45, 7) is 5.86. The lowest BCUT2D eigenvalue weighted by Gasteiger charge is -2.14. The van der Waals surface area contributed by atoms with E-state index in [9.17, 15) is 9.59 Å². The quantitative estimate of drug-likeness (QED) is 0.307. The van der Waals surface area contributed by atoms with Gasteiger partial charge in [0, 0.05) is 26.9 Å². The number of rotatable bonds is 8. The monoisotopic (exact) mass is 397 g/mol. The average Bonchev–Trinajstić information content (AvgIpc) is 3.14. The number of hydrogen-bond donors (Lipinski definition) is 3. The largest absolute Gasteiger partial charge is 0.473 e. The van der Waals surface area contributed by atoms with E-state index in [0.717, 1.165) is 38.9 Å². The van der Waals surface area contributed by atoms with E-state index in [4.69, 9.17) is 19.8 Å². The van der Waals surface area contributed by atoms with E-state index in [1.807, 2.05) is 7.05 Å². The Balaban J connectivity index is 0.00000105. The predicted octanol–water partition coefficient (Wildman–Crippen LogP) is 0.396. The van der Waals surface area contributed by atoms with Crippen molar-refractivity contribution in [1.29, 1.82) is 0 Å². The lowest BCUT2D eigenvalue weighted by atomic mass is 10.2. The van der Waals surface area contributed by atoms with Crippen LogP contribution in [0.1, 0.15) is 45.4 Å². The molecule has 0 radical (unpaired) electrons. The second kappa shape index (κ2) is 15.5. The SMILES string of the molecule is CC(=O)NCCCCCC(=O)N(C)CC#CCN1CCCC1.O=C(O)C(=O)O. The fraction of sp³-hybridized carbons (Fsp3) is 0.684. The molecular formula is C19H31N3O6. The van der Waals surface area contributed by atoms with Crippen molar-refractivity contribution in [2.75, 3.05) is 39.8 Å². The molecule has 9 nitrogen and oxygen atoms in total. The lowest BCUT2D eigenvalue weighted by molar-refractivity contribution is -0.159. The Hall–Kier alpha value is -2.60. The zero-order valence-corrected chi connectivity index (χ0v) is 16.7. The molecular weight excluding hydrogens is 366 g/mol. The molecule has 9 heteroatoms. The molecule has 1 saturated heterocycles. The van der Waals surface area contributed by atoms with Gasteiger partial charge in [-0.1, -0.05) is 18.3 Å². The van der Waals surface area contributed by atoms with Gasteiger partial charge in [-0.05, 0) is 38.8 Å². The van der Waals surface area contributed by atoms with E-state index in [0.29, 0.717) is 19.5 Å². The number of nitrogens with zero attached hydrogens (tertiary/aromatic N) is 2. The van der Waals surface area contributed by atoms with E-state index in [-0.39, 0.29) is 11.8 Å². The third-order valence-corrected chi connectivity index (χ3v) is 3.99. The smallest absolute Gasteiger partial charge is 0.414 e. The summed E-state index contributed by atoms with van der Waals surface area (Å²) < 4.78 is 0. The number of unbranched alkanes of at least 4 members (excludes halogenated alkanes) is 2. The fourth-order valence-corrected chi connectivity index (χ4v) is 2.40. The van der Waals surface area contributed by atoms with Crippen LogP contribution in [0.2, 0.25) is 0 Å². The molecule has 0 bridgehead atoms. The summed E-state index contributed by atoms with van der Waals surface area (Å²) in [4.78, 5) is 44.9. The molecule has 158 valence electrons. The highest BCUT2D eigenvalue weighted by molar-refractivity contribution is 6.27. The Morgan fingerprint density at radius 2 is 1.61 bits per heavy atom. The number of aliphatic carboxylic acids is 2. The highest BCUT2D eigenvalue weighted by Gasteiger charge is 2.09. The van der Waals surface area contributed by atoms with Crippen LogP contribution in [-0.2, 0) is 19.2 Å². The molecule has 0 aromatic heterocycles. The Morgan fingerprint density at radius 1 is 1.00 bits per heavy atom. The van der Waals surface area contributed by atoms with Crippen molar-refractivity contribution in [3.05, 3.63) is 0 Å². The van der Waals surface area contributed by atoms with Gasteiger partial charge in [0.1, 0.15) is 0 Å². The second-order valence-electron chi connectivity index (χ2n) is 6.49. The van der Waals surface area contributed by atoms with Crippen molar-refractivity contribution >= 4 is 23.8 Å². The highest BCUT2D eigenvalue weighted by Crippen LogP contribution is 2.05. The molecule has 0 unspecified atom stereocenters. The van der Waals surface area contributed by atoms with Crippen LogP contribution in [0.5, 0.6) is 0 Å². The van der Waals surface area contributed by atoms with Gasteiger partial charge in [-0.2, -0.15) is 0 Å². The molecule has 0 spiro atoms. The van der Waals surface area contributed by atoms with E-state index in [1.54, 1.807) is 4.90 Å². The molecule has 0 aromatic carbocycles. The van der Waals surface area contributed by atoms with Crippen LogP contribution in [0.3, 0.4) is 0 Å². The van der Waals surface area contributed by atoms with Crippen LogP contribution < -0.4 is 5.32 Å². The molecule has 1 rings (SSSR count). The number of carbonyl (C=O) groups excluding carboxylic acids is 2. The summed E-state index contributed by atoms with van der Waals surface area (Å²) in [5.41, 5.74) is 0. The van der Waals surface area contributed by atoms with Crippen molar-refractivity contribution in [2.24, 2.45) is 0 Å². The summed E-state index contributed by atoms with van der Waals surface area (Å²) in [5, 5.41) is 17.5. The van der Waals surface area contributed by atoms with E-state index >= 15 is 0 Å². The Labute approximate surface area is 166 Å². The number of hydrogen-bond acceptors (Lipinski definition) is 5. The first kappa shape index (κ1) is 25.4. The molecule has 1 heterocycles. The normalized spacial score (nSPS) is 12.8. The van der Waals surface area contributed by atoms with Gasteiger partial charge < -0.3 is 20.4 Å². The zero-order chi connectivity index (χ0) is 21.4. The van der Waals surface area contributed by atoms with Gasteiger partial charge in [0.2, 0.25) is 11.8 Å². The van der Waals surface area contributed by atoms with Crippen LogP contribution in [0, 0.1) is 11.8 Å². The highest BCUT2D eigenvalue weighted by atomic mass is 16.4. The summed E-state index contributed by atoms with van der Waals surface area (Å²) in [5.74, 6) is 2.73. The van der Waals surface area contributed by atoms with E-state index < -0.39 is 11.9 Å². The first-order valence-electron chi connectivity index (χ1n) is 9.36. The lowest BCUT2D eigenvalue weighted by Crippen LogP contribution is -2.27. The van der Waals surface area contributed by atoms with Crippen molar-refractivity contribution in [1.82, 2.24) is 15.1 Å². The van der Waals surface area contributed by atoms with Crippen molar-refractivity contribution in [3.8, 4) is 11.8 Å². The number of carbonyl (C=O) groups is 4. The Morgan fingerprint density at radius 3 is 2.14 bits per heavy atom. The average molecular weight is 397 g/mol. The molecule has 2 amide bonds. The molecule has 1 fully saturated rings. The van der Waals surface area contributed by atoms with Gasteiger partial charge in [0.15, 0.2) is 0 Å². The minimum atomic E-state index is -1.82. The van der Waals surface area contributed by atoms with E-state index in [1.165, 1.54) is 19.8 Å². The Kier molecular flexibility index (Phi) is 14.0. The third kappa shape index (κ3) is 14.6. The molecule has 0 aromatic rings. The summed E-state index contributed by atoms with van der Waals surface area (Å²) >= 11 is 0. The van der Waals surface area contributed by atoms with Gasteiger partial charge in [-0.3, -0.25) is 14.5 Å². The Bertz CT molecular complexity index is 564. The van der Waals surface area contributed by atoms with Crippen molar-refractivity contribution in [3.63, 3.8) is 0 Å². The number of carboxylic acids is 2. The summed E-state index contributed by atoms with van der Waals surface area (Å²) in [6.07, 6.45) is 5.87. The maximum absolute atomic E-state index is 11.9. The first-order valence-corrected chi connectivity index (χ1v) is 9.36. The third-order valence-electron chi connectivity index (χ3n) is 3.99. The summed E-state index contributed by atoms with van der Waals surface area (Å²) in [7, 11) is 1.81. The molecule has 1 aliphatic heterocycles. The molecule has 0 aliphatic carbocycles. The van der Waals surface area contributed by atoms with Gasteiger partial charge >= 0.3 is 11.9 Å². The standard InChI is InChI=1S/C17H29N3O2.C2H2O4/c1-16(21)18-11-5-3-4-10-17(22)19(2)12-6-7-13-20-14-8-9-15-20;3-1(4)2(5)6/h3-5,8-15H2,1-2H3,(H,18,21);(H,3,4)(H,5,6). The van der Waals surface area contributed by atoms with Crippen molar-refractivity contribution in [2.45, 2.75) is 45.4 Å². The second-order valence-corrected chi connectivity index (χ2v) is 6.49. The molecule has 28 heavy (non-hydrogen) atoms. The van der Waals surface area contributed by atoms with Crippen LogP contribution in [-0.4, -0.2) is 83.5 Å². The number of amides is 2. The molecule has 3 N–H and O–H groups in total. The van der Waals surface area contributed by atoms with Gasteiger partial charge in [0.05, 0.1) is 13.1 Å². The van der Waals surface area contributed by atoms with Gasteiger partial charge in [-0.15, -0.1) is 0 Å². The first-order chi connectivity index (χ1) is 13.2. The van der Waals surface area contributed by atoms with Crippen LogP contribution in [0.15, 0.2) is 0 Å². The predicted molar refractivity (Wildman–Crippen MR) is 104 cm³/mol. The van der Waals surface area contributed by atoms with Gasteiger partial charge in [-0.25, -0.2) is 9.59 Å². The van der Waals surface area contributed by atoms with Crippen LogP contribution in [0.25, 0.3) is 0 Å². The maximum atomic E-state index is 11.9. The van der Waals surface area contributed by atoms with Crippen LogP contribution >= 0.6 is 0 Å². The number of likely N-dealkylation sites (tertiary alicyclic amines) is 1. The van der Waals surface area contributed by atoms with Crippen molar-refractivity contribution < 1.29 is 29.4 Å². The summed E-state index contributed by atoms with van der Waals surface area (Å²) in [6, 6.07) is 0. The molecule has 1 aliphatic rings. The number of nitrogens with one attached hydrogen (secondary N) is 1. The van der Waals surface area contributed by atoms with Crippen LogP contribution in [0.4, 0.5) is 0 Å². The fourth-order valence-electron chi connectivity index (χ4n) is 2.40. The minimum Gasteiger partial charge on any atom is -0.473 e. The number of carboxylic acid groups (broad SMARTS) is 2. The molecule has 0 atom stereocenters.